The lowest BCUT2D eigenvalue weighted by Gasteiger charge is -2.12. The van der Waals surface area contributed by atoms with Crippen LogP contribution < -0.4 is 5.32 Å². The second-order valence-electron chi connectivity index (χ2n) is 5.80. The Morgan fingerprint density at radius 1 is 0.958 bits per heavy atom. The minimum absolute atomic E-state index is 0.0871. The molecule has 3 rings (SSSR count). The molecule has 0 heterocycles. The van der Waals surface area contributed by atoms with E-state index in [0.29, 0.717) is 6.54 Å². The number of rotatable bonds is 6. The lowest BCUT2D eigenvalue weighted by atomic mass is 10.1. The van der Waals surface area contributed by atoms with Gasteiger partial charge in [0.15, 0.2) is 0 Å². The Balaban J connectivity index is 1.53. The van der Waals surface area contributed by atoms with E-state index in [9.17, 15) is 4.79 Å². The number of thioether (sulfide) groups is 1. The van der Waals surface area contributed by atoms with Gasteiger partial charge in [0, 0.05) is 11.4 Å². The molecule has 0 aliphatic carbocycles. The fourth-order valence-corrected chi connectivity index (χ4v) is 3.56. The molecule has 1 atom stereocenters. The third kappa shape index (κ3) is 4.39. The van der Waals surface area contributed by atoms with Crippen molar-refractivity contribution in [1.82, 2.24) is 5.32 Å². The van der Waals surface area contributed by atoms with Crippen molar-refractivity contribution in [2.75, 3.05) is 6.54 Å². The highest BCUT2D eigenvalue weighted by atomic mass is 32.2. The van der Waals surface area contributed by atoms with Gasteiger partial charge in [0.1, 0.15) is 0 Å². The van der Waals surface area contributed by atoms with Gasteiger partial charge in [0.25, 0.3) is 0 Å². The molecule has 3 aromatic carbocycles. The predicted molar refractivity (Wildman–Crippen MR) is 102 cm³/mol. The third-order valence-electron chi connectivity index (χ3n) is 3.96. The smallest absolute Gasteiger partial charge is 0.233 e. The van der Waals surface area contributed by atoms with E-state index in [-0.39, 0.29) is 11.2 Å². The Hall–Kier alpha value is -2.26. The zero-order chi connectivity index (χ0) is 16.8. The highest BCUT2D eigenvalue weighted by molar-refractivity contribution is 8.00. The summed E-state index contributed by atoms with van der Waals surface area (Å²) in [5.74, 6) is 0.0871. The summed E-state index contributed by atoms with van der Waals surface area (Å²) in [5, 5.41) is 5.35. The molecule has 0 aromatic heterocycles. The maximum Gasteiger partial charge on any atom is 0.233 e. The fourth-order valence-electron chi connectivity index (χ4n) is 2.62. The molecular weight excluding hydrogens is 314 g/mol. The molecule has 0 radical (unpaired) electrons. The summed E-state index contributed by atoms with van der Waals surface area (Å²) in [7, 11) is 0. The zero-order valence-electron chi connectivity index (χ0n) is 13.7. The van der Waals surface area contributed by atoms with E-state index in [1.807, 2.05) is 37.3 Å². The Morgan fingerprint density at radius 2 is 1.67 bits per heavy atom. The first-order valence-electron chi connectivity index (χ1n) is 8.19. The Morgan fingerprint density at radius 3 is 2.46 bits per heavy atom. The quantitative estimate of drug-likeness (QED) is 0.663. The number of hydrogen-bond acceptors (Lipinski definition) is 2. The first-order valence-corrected chi connectivity index (χ1v) is 9.07. The molecule has 0 saturated carbocycles. The molecule has 24 heavy (non-hydrogen) atoms. The average molecular weight is 335 g/mol. The van der Waals surface area contributed by atoms with Gasteiger partial charge in [-0.05, 0) is 41.8 Å². The second kappa shape index (κ2) is 8.02. The molecule has 3 aromatic rings. The summed E-state index contributed by atoms with van der Waals surface area (Å²) in [6, 6.07) is 24.8. The van der Waals surface area contributed by atoms with Gasteiger partial charge in [-0.15, -0.1) is 11.8 Å². The van der Waals surface area contributed by atoms with Crippen LogP contribution in [0.4, 0.5) is 0 Å². The number of amides is 1. The van der Waals surface area contributed by atoms with E-state index in [1.54, 1.807) is 11.8 Å². The first-order chi connectivity index (χ1) is 11.7. The summed E-state index contributed by atoms with van der Waals surface area (Å²) in [6.07, 6.45) is 0.861. The number of carbonyl (C=O) groups is 1. The van der Waals surface area contributed by atoms with Crippen LogP contribution in [0.2, 0.25) is 0 Å². The van der Waals surface area contributed by atoms with Gasteiger partial charge in [-0.25, -0.2) is 0 Å². The summed E-state index contributed by atoms with van der Waals surface area (Å²) >= 11 is 1.60. The van der Waals surface area contributed by atoms with Crippen LogP contribution >= 0.6 is 11.8 Å². The van der Waals surface area contributed by atoms with E-state index < -0.39 is 0 Å². The molecule has 122 valence electrons. The molecule has 0 bridgehead atoms. The lowest BCUT2D eigenvalue weighted by Crippen LogP contribution is -2.32. The maximum atomic E-state index is 12.3. The van der Waals surface area contributed by atoms with Crippen molar-refractivity contribution >= 4 is 28.4 Å². The van der Waals surface area contributed by atoms with Crippen LogP contribution in [0, 0.1) is 0 Å². The molecular formula is C21H21NOS. The maximum absolute atomic E-state index is 12.3. The molecule has 2 nitrogen and oxygen atoms in total. The fraction of sp³-hybridized carbons (Fsp3) is 0.190. The van der Waals surface area contributed by atoms with E-state index >= 15 is 0 Å². The van der Waals surface area contributed by atoms with Crippen LogP contribution in [0.15, 0.2) is 77.7 Å². The standard InChI is InChI=1S/C21H21NOS/c1-16(21(23)22-14-13-17-7-3-2-4-8-17)24-20-12-11-18-9-5-6-10-19(18)15-20/h2-12,15-16H,13-14H2,1H3,(H,22,23)/t16-/m0/s1. The predicted octanol–water partition coefficient (Wildman–Crippen LogP) is 4.68. The highest BCUT2D eigenvalue weighted by Crippen LogP contribution is 2.27. The summed E-state index contributed by atoms with van der Waals surface area (Å²) in [6.45, 7) is 2.63. The molecule has 0 fully saturated rings. The average Bonchev–Trinajstić information content (AvgIpc) is 2.62. The van der Waals surface area contributed by atoms with Crippen LogP contribution in [-0.4, -0.2) is 17.7 Å². The molecule has 0 unspecified atom stereocenters. The van der Waals surface area contributed by atoms with Crippen molar-refractivity contribution in [1.29, 1.82) is 0 Å². The molecule has 0 aliphatic rings. The van der Waals surface area contributed by atoms with Crippen LogP contribution in [0.3, 0.4) is 0 Å². The minimum atomic E-state index is -0.109. The van der Waals surface area contributed by atoms with E-state index in [0.717, 1.165) is 11.3 Å². The van der Waals surface area contributed by atoms with Crippen molar-refractivity contribution in [2.24, 2.45) is 0 Å². The molecule has 0 saturated heterocycles. The highest BCUT2D eigenvalue weighted by Gasteiger charge is 2.14. The van der Waals surface area contributed by atoms with Gasteiger partial charge >= 0.3 is 0 Å². The Labute approximate surface area is 147 Å². The first kappa shape index (κ1) is 16.6. The van der Waals surface area contributed by atoms with E-state index in [2.05, 4.69) is 47.8 Å². The van der Waals surface area contributed by atoms with Crippen molar-refractivity contribution in [3.8, 4) is 0 Å². The van der Waals surface area contributed by atoms with Gasteiger partial charge < -0.3 is 5.32 Å². The number of fused-ring (bicyclic) bond motifs is 1. The number of carbonyl (C=O) groups excluding carboxylic acids is 1. The van der Waals surface area contributed by atoms with Crippen molar-refractivity contribution < 1.29 is 4.79 Å². The largest absolute Gasteiger partial charge is 0.355 e. The normalized spacial score (nSPS) is 12.0. The Bertz CT molecular complexity index is 816. The van der Waals surface area contributed by atoms with E-state index in [4.69, 9.17) is 0 Å². The third-order valence-corrected chi connectivity index (χ3v) is 5.05. The van der Waals surface area contributed by atoms with Gasteiger partial charge in [0.2, 0.25) is 5.91 Å². The van der Waals surface area contributed by atoms with Gasteiger partial charge in [-0.3, -0.25) is 4.79 Å². The SMILES string of the molecule is C[C@H](Sc1ccc2ccccc2c1)C(=O)NCCc1ccccc1. The van der Waals surface area contributed by atoms with Crippen LogP contribution in [0.25, 0.3) is 10.8 Å². The monoisotopic (exact) mass is 335 g/mol. The molecule has 0 aliphatic heterocycles. The van der Waals surface area contributed by atoms with Crippen LogP contribution in [0.1, 0.15) is 12.5 Å². The molecule has 3 heteroatoms. The van der Waals surface area contributed by atoms with Crippen LogP contribution in [-0.2, 0) is 11.2 Å². The summed E-state index contributed by atoms with van der Waals surface area (Å²) in [4.78, 5) is 13.4. The Kier molecular flexibility index (Phi) is 5.55. The second-order valence-corrected chi connectivity index (χ2v) is 7.21. The number of nitrogens with one attached hydrogen (secondary N) is 1. The number of benzene rings is 3. The van der Waals surface area contributed by atoms with Crippen molar-refractivity contribution in [3.05, 3.63) is 78.4 Å². The molecule has 1 N–H and O–H groups in total. The van der Waals surface area contributed by atoms with Crippen molar-refractivity contribution in [3.63, 3.8) is 0 Å². The topological polar surface area (TPSA) is 29.1 Å². The zero-order valence-corrected chi connectivity index (χ0v) is 14.6. The van der Waals surface area contributed by atoms with Gasteiger partial charge in [-0.1, -0.05) is 60.7 Å². The van der Waals surface area contributed by atoms with Gasteiger partial charge in [-0.2, -0.15) is 0 Å². The van der Waals surface area contributed by atoms with Gasteiger partial charge in [0.05, 0.1) is 5.25 Å². The van der Waals surface area contributed by atoms with Crippen molar-refractivity contribution in [2.45, 2.75) is 23.5 Å². The molecule has 1 amide bonds. The minimum Gasteiger partial charge on any atom is -0.355 e. The summed E-state index contributed by atoms with van der Waals surface area (Å²) < 4.78 is 0. The van der Waals surface area contributed by atoms with E-state index in [1.165, 1.54) is 16.3 Å². The molecule has 0 spiro atoms. The lowest BCUT2D eigenvalue weighted by molar-refractivity contribution is -0.120. The van der Waals surface area contributed by atoms with Crippen LogP contribution in [0.5, 0.6) is 0 Å². The number of hydrogen-bond donors (Lipinski definition) is 1. The summed E-state index contributed by atoms with van der Waals surface area (Å²) in [5.41, 5.74) is 1.24.